The first-order valence-electron chi connectivity index (χ1n) is 17.6. The SMILES string of the molecule is COc1ccc(CC2N[P+]3(N[C@@H](Cc4ccc(OC)cc4)C(c4ccccc4)(c4ccccc4)N3)NC2(c2ccccc2)c2ccccc2)cc1.[Cl-]. The van der Waals surface area contributed by atoms with Crippen molar-refractivity contribution in [3.8, 4) is 11.5 Å². The van der Waals surface area contributed by atoms with Crippen LogP contribution < -0.4 is 42.2 Å². The Morgan fingerprint density at radius 3 is 1.00 bits per heavy atom. The maximum Gasteiger partial charge on any atom is 0.301 e. The van der Waals surface area contributed by atoms with Crippen LogP contribution in [0.3, 0.4) is 0 Å². The van der Waals surface area contributed by atoms with Gasteiger partial charge in [-0.1, -0.05) is 146 Å². The fourth-order valence-corrected chi connectivity index (χ4v) is 11.9. The van der Waals surface area contributed by atoms with Gasteiger partial charge in [0.05, 0.1) is 26.3 Å². The standard InChI is InChI=1S/C44H44N4O2P.ClH/c1-49-39-27-23-33(24-28-39)31-41-43(35-15-7-3-8-16-35,36-17-9-4-10-18-36)47-51(45-41)46-42(32-34-25-29-40(50-2)30-26-34)44(48-51,37-19-11-5-12-20-37)38-21-13-6-14-22-38;/h3-30,41-42,45-48H,31-32H2,1-2H3;1H/q+1;/p-1/t41-,42?,51?;/m0./s1. The van der Waals surface area contributed by atoms with E-state index in [0.29, 0.717) is 0 Å². The van der Waals surface area contributed by atoms with Gasteiger partial charge in [0.1, 0.15) is 22.6 Å². The summed E-state index contributed by atoms with van der Waals surface area (Å²) in [6, 6.07) is 60.6. The lowest BCUT2D eigenvalue weighted by atomic mass is 9.76. The molecular weight excluding hydrogens is 683 g/mol. The van der Waals surface area contributed by atoms with E-state index in [2.05, 4.69) is 190 Å². The molecule has 2 unspecified atom stereocenters. The van der Waals surface area contributed by atoms with E-state index in [-0.39, 0.29) is 24.5 Å². The van der Waals surface area contributed by atoms with E-state index in [9.17, 15) is 0 Å². The minimum absolute atomic E-state index is 0. The predicted molar refractivity (Wildman–Crippen MR) is 208 cm³/mol. The van der Waals surface area contributed by atoms with Gasteiger partial charge in [-0.3, -0.25) is 0 Å². The molecule has 4 N–H and O–H groups in total. The minimum atomic E-state index is -2.57. The second-order valence-corrected chi connectivity index (χ2v) is 15.7. The Balaban J connectivity index is 0.00000420. The van der Waals surface area contributed by atoms with E-state index in [1.165, 1.54) is 33.4 Å². The Bertz CT molecular complexity index is 1810. The van der Waals surface area contributed by atoms with Crippen LogP contribution in [0.1, 0.15) is 33.4 Å². The van der Waals surface area contributed by atoms with E-state index in [4.69, 9.17) is 9.47 Å². The highest BCUT2D eigenvalue weighted by Crippen LogP contribution is 2.64. The van der Waals surface area contributed by atoms with Crippen LogP contribution in [0.5, 0.6) is 11.5 Å². The maximum absolute atomic E-state index is 5.53. The lowest BCUT2D eigenvalue weighted by Crippen LogP contribution is -3.00. The molecule has 8 rings (SSSR count). The van der Waals surface area contributed by atoms with Crippen LogP contribution in [-0.2, 0) is 23.9 Å². The van der Waals surface area contributed by atoms with Gasteiger partial charge in [-0.15, -0.1) is 20.3 Å². The molecule has 3 atom stereocenters. The van der Waals surface area contributed by atoms with Gasteiger partial charge in [0, 0.05) is 0 Å². The van der Waals surface area contributed by atoms with E-state index in [1.54, 1.807) is 14.2 Å². The molecule has 8 heteroatoms. The first kappa shape index (κ1) is 35.9. The molecule has 0 bridgehead atoms. The van der Waals surface area contributed by atoms with Crippen LogP contribution in [0.25, 0.3) is 0 Å². The zero-order chi connectivity index (χ0) is 34.7. The summed E-state index contributed by atoms with van der Waals surface area (Å²) in [5, 5.41) is 17.3. The van der Waals surface area contributed by atoms with Crippen molar-refractivity contribution in [1.82, 2.24) is 20.3 Å². The molecule has 2 aliphatic rings. The van der Waals surface area contributed by atoms with Gasteiger partial charge >= 0.3 is 7.87 Å². The van der Waals surface area contributed by atoms with Crippen LogP contribution in [0, 0.1) is 0 Å². The number of rotatable bonds is 10. The highest BCUT2D eigenvalue weighted by molar-refractivity contribution is 7.69. The molecule has 2 aliphatic heterocycles. The van der Waals surface area contributed by atoms with Gasteiger partial charge in [0.25, 0.3) is 0 Å². The first-order chi connectivity index (χ1) is 25.1. The highest BCUT2D eigenvalue weighted by atomic mass is 35.5. The molecule has 2 fully saturated rings. The average molecular weight is 727 g/mol. The molecule has 2 saturated heterocycles. The fraction of sp³-hybridized carbons (Fsp3) is 0.182. The van der Waals surface area contributed by atoms with Gasteiger partial charge in [0.2, 0.25) is 0 Å². The molecule has 6 nitrogen and oxygen atoms in total. The molecular formula is C44H44ClN4O2P. The van der Waals surface area contributed by atoms with E-state index < -0.39 is 18.9 Å². The largest absolute Gasteiger partial charge is 1.00 e. The Morgan fingerprint density at radius 1 is 0.442 bits per heavy atom. The minimum Gasteiger partial charge on any atom is -1.00 e. The van der Waals surface area contributed by atoms with Crippen molar-refractivity contribution in [2.24, 2.45) is 0 Å². The van der Waals surface area contributed by atoms with Gasteiger partial charge in [-0.25, -0.2) is 0 Å². The zero-order valence-electron chi connectivity index (χ0n) is 29.4. The summed E-state index contributed by atoms with van der Waals surface area (Å²) in [4.78, 5) is 0. The second kappa shape index (κ2) is 15.2. The summed E-state index contributed by atoms with van der Waals surface area (Å²) >= 11 is 0. The Hall–Kier alpha value is -4.52. The van der Waals surface area contributed by atoms with E-state index in [0.717, 1.165) is 24.3 Å². The van der Waals surface area contributed by atoms with E-state index >= 15 is 0 Å². The number of halogens is 1. The number of benzene rings is 6. The first-order valence-corrected chi connectivity index (χ1v) is 19.4. The summed E-state index contributed by atoms with van der Waals surface area (Å²) in [5.74, 6) is 1.71. The molecule has 1 spiro atoms. The van der Waals surface area contributed by atoms with Crippen LogP contribution >= 0.6 is 7.87 Å². The Morgan fingerprint density at radius 2 is 0.731 bits per heavy atom. The second-order valence-electron chi connectivity index (χ2n) is 13.4. The smallest absolute Gasteiger partial charge is 0.301 e. The molecule has 264 valence electrons. The third kappa shape index (κ3) is 6.52. The molecule has 52 heavy (non-hydrogen) atoms. The summed E-state index contributed by atoms with van der Waals surface area (Å²) < 4.78 is 11.1. The third-order valence-corrected chi connectivity index (χ3v) is 13.3. The highest BCUT2D eigenvalue weighted by Gasteiger charge is 2.70. The number of hydrogen-bond donors (Lipinski definition) is 4. The van der Waals surface area contributed by atoms with Crippen molar-refractivity contribution in [3.05, 3.63) is 203 Å². The number of ether oxygens (including phenoxy) is 2. The third-order valence-electron chi connectivity index (χ3n) is 10.5. The molecule has 2 heterocycles. The summed E-state index contributed by atoms with van der Waals surface area (Å²) in [5.41, 5.74) is 6.19. The normalized spacial score (nSPS) is 21.3. The van der Waals surface area contributed by atoms with Crippen molar-refractivity contribution in [2.45, 2.75) is 36.0 Å². The Labute approximate surface area is 314 Å². The number of methoxy groups -OCH3 is 2. The zero-order valence-corrected chi connectivity index (χ0v) is 31.0. The molecule has 0 aromatic heterocycles. The molecule has 6 aromatic rings. The van der Waals surface area contributed by atoms with Crippen molar-refractivity contribution < 1.29 is 21.9 Å². The predicted octanol–water partition coefficient (Wildman–Crippen LogP) is 5.18. The lowest BCUT2D eigenvalue weighted by molar-refractivity contribution is -0.0000112. The van der Waals surface area contributed by atoms with Crippen molar-refractivity contribution in [3.63, 3.8) is 0 Å². The molecule has 0 saturated carbocycles. The van der Waals surface area contributed by atoms with E-state index in [1.807, 2.05) is 0 Å². The van der Waals surface area contributed by atoms with Crippen molar-refractivity contribution >= 4 is 7.87 Å². The van der Waals surface area contributed by atoms with Crippen molar-refractivity contribution in [2.75, 3.05) is 14.2 Å². The van der Waals surface area contributed by atoms with Crippen LogP contribution in [0.2, 0.25) is 0 Å². The lowest BCUT2D eigenvalue weighted by Gasteiger charge is -2.34. The average Bonchev–Trinajstić information content (AvgIpc) is 3.70. The summed E-state index contributed by atoms with van der Waals surface area (Å²) in [7, 11) is 0.862. The van der Waals surface area contributed by atoms with Crippen LogP contribution in [0.15, 0.2) is 170 Å². The van der Waals surface area contributed by atoms with Gasteiger partial charge in [-0.05, 0) is 70.5 Å². The van der Waals surface area contributed by atoms with Crippen molar-refractivity contribution in [1.29, 1.82) is 0 Å². The summed E-state index contributed by atoms with van der Waals surface area (Å²) in [6.07, 6.45) is 1.58. The monoisotopic (exact) mass is 726 g/mol. The fourth-order valence-electron chi connectivity index (χ4n) is 8.13. The summed E-state index contributed by atoms with van der Waals surface area (Å²) in [6.45, 7) is 0. The topological polar surface area (TPSA) is 66.6 Å². The maximum atomic E-state index is 5.53. The number of hydrogen-bond acceptors (Lipinski definition) is 6. The molecule has 0 aliphatic carbocycles. The van der Waals surface area contributed by atoms with Gasteiger partial charge in [-0.2, -0.15) is 0 Å². The van der Waals surface area contributed by atoms with Crippen LogP contribution in [0.4, 0.5) is 0 Å². The molecule has 6 aromatic carbocycles. The van der Waals surface area contributed by atoms with Gasteiger partial charge in [0.15, 0.2) is 0 Å². The quantitative estimate of drug-likeness (QED) is 0.146. The number of nitrogens with one attached hydrogen (secondary N) is 4. The Kier molecular flexibility index (Phi) is 10.5. The van der Waals surface area contributed by atoms with Crippen LogP contribution in [-0.4, -0.2) is 26.3 Å². The molecule has 0 amide bonds. The molecule has 0 radical (unpaired) electrons. The van der Waals surface area contributed by atoms with Gasteiger partial charge < -0.3 is 21.9 Å².